The number of hydrogen-bond acceptors (Lipinski definition) is 6. The molecular weight excluding hydrogens is 373 g/mol. The van der Waals surface area contributed by atoms with E-state index in [9.17, 15) is 27.6 Å². The molecule has 12 heteroatoms. The zero-order chi connectivity index (χ0) is 20.6. The lowest BCUT2D eigenvalue weighted by Crippen LogP contribution is -2.38. The zero-order valence-corrected chi connectivity index (χ0v) is 14.3. The average Bonchev–Trinajstić information content (AvgIpc) is 2.61. The third-order valence-electron chi connectivity index (χ3n) is 3.02. The SMILES string of the molecule is COC(=O)C(F)(F)F.Cn1ncc(=O)cc1-c1cc[n+](CCC(=O)O)nc1. The van der Waals surface area contributed by atoms with Crippen LogP contribution in [0.5, 0.6) is 0 Å². The lowest BCUT2D eigenvalue weighted by molar-refractivity contribution is -0.752. The van der Waals surface area contributed by atoms with Crippen LogP contribution in [0.3, 0.4) is 0 Å². The smallest absolute Gasteiger partial charge is 0.481 e. The van der Waals surface area contributed by atoms with E-state index in [0.29, 0.717) is 19.3 Å². The summed E-state index contributed by atoms with van der Waals surface area (Å²) in [6.45, 7) is 0.307. The van der Waals surface area contributed by atoms with Crippen molar-refractivity contribution in [3.05, 3.63) is 40.9 Å². The number of nitrogens with zero attached hydrogens (tertiary/aromatic N) is 4. The molecule has 1 N–H and O–H groups in total. The second-order valence-corrected chi connectivity index (χ2v) is 5.01. The fourth-order valence-electron chi connectivity index (χ4n) is 1.74. The van der Waals surface area contributed by atoms with Gasteiger partial charge >= 0.3 is 18.1 Å². The number of carboxylic acids is 1. The van der Waals surface area contributed by atoms with Gasteiger partial charge in [0.25, 0.3) is 0 Å². The normalized spacial score (nSPS) is 10.6. The molecule has 0 bridgehead atoms. The number of aliphatic carboxylic acids is 1. The second kappa shape index (κ2) is 9.40. The van der Waals surface area contributed by atoms with Gasteiger partial charge in [-0.25, -0.2) is 4.79 Å². The number of carbonyl (C=O) groups excluding carboxylic acids is 1. The summed E-state index contributed by atoms with van der Waals surface area (Å²) < 4.78 is 39.4. The lowest BCUT2D eigenvalue weighted by Gasteiger charge is -2.04. The number of aryl methyl sites for hydroxylation is 2. The van der Waals surface area contributed by atoms with E-state index in [-0.39, 0.29) is 11.8 Å². The minimum Gasteiger partial charge on any atom is -0.481 e. The molecule has 2 heterocycles. The number of halogens is 3. The molecule has 27 heavy (non-hydrogen) atoms. The summed E-state index contributed by atoms with van der Waals surface area (Å²) in [6, 6.07) is 3.25. The highest BCUT2D eigenvalue weighted by Crippen LogP contribution is 2.15. The Morgan fingerprint density at radius 1 is 1.33 bits per heavy atom. The number of carbonyl (C=O) groups is 2. The van der Waals surface area contributed by atoms with Gasteiger partial charge in [-0.3, -0.25) is 14.3 Å². The van der Waals surface area contributed by atoms with Crippen LogP contribution in [0.4, 0.5) is 13.2 Å². The van der Waals surface area contributed by atoms with E-state index in [1.165, 1.54) is 16.9 Å². The Labute approximate surface area is 150 Å². The molecular formula is C15H16F3N4O5+. The van der Waals surface area contributed by atoms with E-state index in [1.807, 2.05) is 0 Å². The van der Waals surface area contributed by atoms with Gasteiger partial charge in [0.15, 0.2) is 12.7 Å². The molecule has 0 aliphatic carbocycles. The van der Waals surface area contributed by atoms with Crippen molar-refractivity contribution >= 4 is 11.9 Å². The molecule has 0 saturated heterocycles. The fourth-order valence-corrected chi connectivity index (χ4v) is 1.74. The third-order valence-corrected chi connectivity index (χ3v) is 3.02. The predicted molar refractivity (Wildman–Crippen MR) is 83.2 cm³/mol. The van der Waals surface area contributed by atoms with Crippen molar-refractivity contribution in [2.24, 2.45) is 7.05 Å². The molecule has 2 aromatic heterocycles. The van der Waals surface area contributed by atoms with Crippen LogP contribution in [0.1, 0.15) is 6.42 Å². The highest BCUT2D eigenvalue weighted by Gasteiger charge is 2.40. The van der Waals surface area contributed by atoms with Crippen LogP contribution < -0.4 is 10.1 Å². The van der Waals surface area contributed by atoms with E-state index < -0.39 is 18.1 Å². The van der Waals surface area contributed by atoms with E-state index in [4.69, 9.17) is 5.11 Å². The number of hydrogen-bond donors (Lipinski definition) is 1. The molecule has 0 unspecified atom stereocenters. The first-order valence-corrected chi connectivity index (χ1v) is 7.31. The highest BCUT2D eigenvalue weighted by molar-refractivity contribution is 5.75. The number of rotatable bonds is 4. The number of aromatic nitrogens is 4. The van der Waals surface area contributed by atoms with E-state index >= 15 is 0 Å². The number of methoxy groups -OCH3 is 1. The molecule has 2 aromatic rings. The molecule has 0 radical (unpaired) electrons. The van der Waals surface area contributed by atoms with E-state index in [2.05, 4.69) is 14.9 Å². The van der Waals surface area contributed by atoms with Gasteiger partial charge < -0.3 is 9.84 Å². The van der Waals surface area contributed by atoms with Crippen LogP contribution in [0.25, 0.3) is 11.3 Å². The monoisotopic (exact) mass is 389 g/mol. The van der Waals surface area contributed by atoms with Crippen LogP contribution in [0.15, 0.2) is 35.5 Å². The summed E-state index contributed by atoms with van der Waals surface area (Å²) in [5, 5.41) is 16.6. The van der Waals surface area contributed by atoms with Crippen LogP contribution >= 0.6 is 0 Å². The lowest BCUT2D eigenvalue weighted by atomic mass is 10.2. The first kappa shape index (κ1) is 21.7. The average molecular weight is 389 g/mol. The largest absolute Gasteiger partial charge is 0.490 e. The standard InChI is InChI=1S/C12H12N4O3.C3H3F3O2/c1-15-11(6-10(17)8-13-15)9-2-4-16(14-7-9)5-3-12(18)19;1-8-2(7)3(4,5)6/h2,4,6-8H,3,5H2,1H3;1H3/p+1. The van der Waals surface area contributed by atoms with Gasteiger partial charge in [-0.1, -0.05) is 4.68 Å². The first-order chi connectivity index (χ1) is 12.5. The number of ether oxygens (including phenoxy) is 1. The van der Waals surface area contributed by atoms with Gasteiger partial charge in [-0.2, -0.15) is 18.3 Å². The zero-order valence-electron chi connectivity index (χ0n) is 14.3. The molecule has 0 aliphatic heterocycles. The summed E-state index contributed by atoms with van der Waals surface area (Å²) in [7, 11) is 2.41. The van der Waals surface area contributed by atoms with E-state index in [1.54, 1.807) is 30.2 Å². The molecule has 0 saturated carbocycles. The van der Waals surface area contributed by atoms with Crippen molar-refractivity contribution in [2.45, 2.75) is 19.1 Å². The Bertz CT molecular complexity index is 850. The van der Waals surface area contributed by atoms with Crippen molar-refractivity contribution in [3.8, 4) is 11.3 Å². The van der Waals surface area contributed by atoms with Crippen molar-refractivity contribution < 1.29 is 37.3 Å². The molecule has 9 nitrogen and oxygen atoms in total. The van der Waals surface area contributed by atoms with Crippen molar-refractivity contribution in [1.29, 1.82) is 0 Å². The van der Waals surface area contributed by atoms with Crippen molar-refractivity contribution in [3.63, 3.8) is 0 Å². The second-order valence-electron chi connectivity index (χ2n) is 5.01. The molecule has 0 aromatic carbocycles. The quantitative estimate of drug-likeness (QED) is 0.592. The Hall–Kier alpha value is -3.31. The number of esters is 1. The summed E-state index contributed by atoms with van der Waals surface area (Å²) in [4.78, 5) is 31.2. The maximum absolute atomic E-state index is 11.3. The predicted octanol–water partition coefficient (Wildman–Crippen LogP) is 0.326. The molecule has 0 aliphatic rings. The molecule has 0 atom stereocenters. The van der Waals surface area contributed by atoms with Crippen molar-refractivity contribution in [2.75, 3.05) is 7.11 Å². The Kier molecular flexibility index (Phi) is 7.57. The van der Waals surface area contributed by atoms with Crippen molar-refractivity contribution in [1.82, 2.24) is 14.9 Å². The summed E-state index contributed by atoms with van der Waals surface area (Å²) in [5.74, 6) is -3.04. The van der Waals surface area contributed by atoms with Gasteiger partial charge in [-0.15, -0.1) is 0 Å². The summed E-state index contributed by atoms with van der Waals surface area (Å²) >= 11 is 0. The third kappa shape index (κ3) is 7.22. The molecule has 0 spiro atoms. The minimum atomic E-state index is -4.85. The van der Waals surface area contributed by atoms with Gasteiger partial charge in [0.05, 0.1) is 19.0 Å². The van der Waals surface area contributed by atoms with E-state index in [0.717, 1.165) is 5.56 Å². The maximum Gasteiger partial charge on any atom is 0.490 e. The minimum absolute atomic E-state index is 0.0163. The molecule has 0 amide bonds. The fraction of sp³-hybridized carbons (Fsp3) is 0.333. The maximum atomic E-state index is 11.3. The van der Waals surface area contributed by atoms with Gasteiger partial charge in [0.2, 0.25) is 5.43 Å². The molecule has 0 fully saturated rings. The Balaban J connectivity index is 0.000000387. The highest BCUT2D eigenvalue weighted by atomic mass is 19.4. The summed E-state index contributed by atoms with van der Waals surface area (Å²) in [6.07, 6.45) is -0.335. The van der Waals surface area contributed by atoms with Crippen LogP contribution in [-0.2, 0) is 27.9 Å². The Morgan fingerprint density at radius 3 is 2.44 bits per heavy atom. The van der Waals surface area contributed by atoms with Crippen LogP contribution in [-0.4, -0.2) is 45.2 Å². The van der Waals surface area contributed by atoms with Gasteiger partial charge in [0.1, 0.15) is 12.6 Å². The number of carboxylic acid groups (broad SMARTS) is 1. The van der Waals surface area contributed by atoms with Crippen LogP contribution in [0, 0.1) is 0 Å². The molecule has 2 rings (SSSR count). The van der Waals surface area contributed by atoms with Crippen LogP contribution in [0.2, 0.25) is 0 Å². The summed E-state index contributed by atoms with van der Waals surface area (Å²) in [5.41, 5.74) is 1.24. The topological polar surface area (TPSA) is 115 Å². The molecule has 146 valence electrons. The number of alkyl halides is 3. The van der Waals surface area contributed by atoms with Gasteiger partial charge in [0, 0.05) is 24.7 Å². The Morgan fingerprint density at radius 2 is 2.00 bits per heavy atom. The van der Waals surface area contributed by atoms with Gasteiger partial charge in [-0.05, 0) is 5.10 Å². The first-order valence-electron chi connectivity index (χ1n) is 7.31.